The first kappa shape index (κ1) is 14.4. The largest absolute Gasteiger partial charge is 0.394 e. The summed E-state index contributed by atoms with van der Waals surface area (Å²) in [4.78, 5) is 17.4. The fourth-order valence-electron chi connectivity index (χ4n) is 1.36. The van der Waals surface area contributed by atoms with Gasteiger partial charge in [0.25, 0.3) is 5.91 Å². The van der Waals surface area contributed by atoms with Gasteiger partial charge in [-0.25, -0.2) is 9.37 Å². The molecule has 0 radical (unpaired) electrons. The number of aromatic nitrogens is 1. The van der Waals surface area contributed by atoms with E-state index >= 15 is 0 Å². The third-order valence-electron chi connectivity index (χ3n) is 2.92. The number of nitrogens with one attached hydrogen (secondary N) is 1. The van der Waals surface area contributed by atoms with Crippen molar-refractivity contribution in [3.05, 3.63) is 23.6 Å². The van der Waals surface area contributed by atoms with Crippen molar-refractivity contribution in [2.75, 3.05) is 26.0 Å². The van der Waals surface area contributed by atoms with Gasteiger partial charge < -0.3 is 15.3 Å². The second-order valence-electron chi connectivity index (χ2n) is 4.63. The van der Waals surface area contributed by atoms with Crippen LogP contribution in [0.1, 0.15) is 24.2 Å². The zero-order chi connectivity index (χ0) is 13.9. The maximum atomic E-state index is 13.2. The third-order valence-corrected chi connectivity index (χ3v) is 2.92. The van der Waals surface area contributed by atoms with E-state index in [0.29, 0.717) is 5.82 Å². The van der Waals surface area contributed by atoms with Crippen LogP contribution in [0.5, 0.6) is 0 Å². The molecule has 0 unspecified atom stereocenters. The summed E-state index contributed by atoms with van der Waals surface area (Å²) in [5, 5.41) is 12.0. The number of aliphatic hydroxyl groups is 1. The van der Waals surface area contributed by atoms with Crippen molar-refractivity contribution in [3.8, 4) is 0 Å². The van der Waals surface area contributed by atoms with Crippen molar-refractivity contribution >= 4 is 11.7 Å². The summed E-state index contributed by atoms with van der Waals surface area (Å²) < 4.78 is 13.2. The number of carbonyl (C=O) groups is 1. The molecule has 18 heavy (non-hydrogen) atoms. The maximum absolute atomic E-state index is 13.2. The number of nitrogens with zero attached hydrogens (tertiary/aromatic N) is 2. The number of halogens is 1. The molecule has 0 bridgehead atoms. The van der Waals surface area contributed by atoms with E-state index in [9.17, 15) is 14.3 Å². The number of carbonyl (C=O) groups excluding carboxylic acids is 1. The number of pyridine rings is 1. The molecule has 1 rings (SSSR count). The highest BCUT2D eigenvalue weighted by Crippen LogP contribution is 2.20. The van der Waals surface area contributed by atoms with E-state index in [4.69, 9.17) is 0 Å². The fraction of sp³-hybridized carbons (Fsp3) is 0.500. The number of hydrogen-bond acceptors (Lipinski definition) is 4. The normalized spacial score (nSPS) is 11.2. The van der Waals surface area contributed by atoms with Gasteiger partial charge in [0.05, 0.1) is 23.9 Å². The first-order valence-electron chi connectivity index (χ1n) is 5.56. The minimum Gasteiger partial charge on any atom is -0.394 e. The number of hydrogen-bond donors (Lipinski definition) is 2. The quantitative estimate of drug-likeness (QED) is 0.845. The Balaban J connectivity index is 3.14. The van der Waals surface area contributed by atoms with E-state index < -0.39 is 17.3 Å². The van der Waals surface area contributed by atoms with Crippen LogP contribution in [-0.4, -0.2) is 47.1 Å². The predicted molar refractivity (Wildman–Crippen MR) is 67.0 cm³/mol. The van der Waals surface area contributed by atoms with Crippen LogP contribution in [0.3, 0.4) is 0 Å². The molecule has 1 amide bonds. The topological polar surface area (TPSA) is 65.5 Å². The van der Waals surface area contributed by atoms with E-state index in [2.05, 4.69) is 10.3 Å². The summed E-state index contributed by atoms with van der Waals surface area (Å²) in [6, 6.07) is 1.13. The Morgan fingerprint density at radius 2 is 2.22 bits per heavy atom. The third kappa shape index (κ3) is 2.76. The average molecular weight is 255 g/mol. The lowest BCUT2D eigenvalue weighted by Crippen LogP contribution is -2.47. The first-order valence-corrected chi connectivity index (χ1v) is 5.56. The van der Waals surface area contributed by atoms with E-state index in [-0.39, 0.29) is 12.2 Å². The Kier molecular flexibility index (Phi) is 4.24. The summed E-state index contributed by atoms with van der Waals surface area (Å²) in [6.07, 6.45) is 1.04. The van der Waals surface area contributed by atoms with Crippen molar-refractivity contribution in [2.45, 2.75) is 19.4 Å². The molecule has 1 aromatic heterocycles. The lowest BCUT2D eigenvalue weighted by atomic mass is 10.0. The molecule has 1 aromatic rings. The highest BCUT2D eigenvalue weighted by molar-refractivity contribution is 5.99. The molecule has 0 aromatic carbocycles. The van der Waals surface area contributed by atoms with Crippen LogP contribution < -0.4 is 5.32 Å². The van der Waals surface area contributed by atoms with Crippen molar-refractivity contribution in [1.29, 1.82) is 0 Å². The van der Waals surface area contributed by atoms with Gasteiger partial charge in [-0.1, -0.05) is 0 Å². The Morgan fingerprint density at radius 1 is 1.61 bits per heavy atom. The van der Waals surface area contributed by atoms with Crippen molar-refractivity contribution in [1.82, 2.24) is 9.88 Å². The van der Waals surface area contributed by atoms with Gasteiger partial charge in [-0.05, 0) is 19.9 Å². The molecule has 0 atom stereocenters. The zero-order valence-electron chi connectivity index (χ0n) is 11.0. The number of likely N-dealkylation sites (N-methyl/N-ethyl adjacent to an activating group) is 1. The fourth-order valence-corrected chi connectivity index (χ4v) is 1.36. The number of amides is 1. The van der Waals surface area contributed by atoms with Crippen LogP contribution in [0, 0.1) is 5.82 Å². The molecule has 0 spiro atoms. The standard InChI is InChI=1S/C12H18FN3O2/c1-12(2,7-17)16(4)11(18)9-5-8(13)6-15-10(9)14-3/h5-6,17H,7H2,1-4H3,(H,14,15). The Labute approximate surface area is 106 Å². The molecule has 0 aliphatic rings. The summed E-state index contributed by atoms with van der Waals surface area (Å²) in [6.45, 7) is 3.25. The molecule has 0 aliphatic carbocycles. The van der Waals surface area contributed by atoms with Gasteiger partial charge in [-0.15, -0.1) is 0 Å². The van der Waals surface area contributed by atoms with Gasteiger partial charge >= 0.3 is 0 Å². The average Bonchev–Trinajstić information content (AvgIpc) is 2.36. The van der Waals surface area contributed by atoms with Crippen LogP contribution in [0.25, 0.3) is 0 Å². The molecular weight excluding hydrogens is 237 g/mol. The van der Waals surface area contributed by atoms with Crippen LogP contribution >= 0.6 is 0 Å². The molecule has 0 fully saturated rings. The molecule has 100 valence electrons. The molecule has 0 saturated heterocycles. The SMILES string of the molecule is CNc1ncc(F)cc1C(=O)N(C)C(C)(C)CO. The van der Waals surface area contributed by atoms with E-state index in [1.165, 1.54) is 4.90 Å². The minimum atomic E-state index is -0.728. The van der Waals surface area contributed by atoms with E-state index in [1.54, 1.807) is 27.9 Å². The monoisotopic (exact) mass is 255 g/mol. The lowest BCUT2D eigenvalue weighted by Gasteiger charge is -2.34. The van der Waals surface area contributed by atoms with Crippen LogP contribution in [0.2, 0.25) is 0 Å². The summed E-state index contributed by atoms with van der Waals surface area (Å²) in [7, 11) is 3.16. The maximum Gasteiger partial charge on any atom is 0.257 e. The lowest BCUT2D eigenvalue weighted by molar-refractivity contribution is 0.0473. The number of aliphatic hydroxyl groups excluding tert-OH is 1. The van der Waals surface area contributed by atoms with Gasteiger partial charge in [-0.2, -0.15) is 0 Å². The van der Waals surface area contributed by atoms with Gasteiger partial charge in [0, 0.05) is 14.1 Å². The first-order chi connectivity index (χ1) is 8.33. The minimum absolute atomic E-state index is 0.140. The Hall–Kier alpha value is -1.69. The van der Waals surface area contributed by atoms with E-state index in [0.717, 1.165) is 12.3 Å². The highest BCUT2D eigenvalue weighted by atomic mass is 19.1. The van der Waals surface area contributed by atoms with Crippen LogP contribution in [-0.2, 0) is 0 Å². The van der Waals surface area contributed by atoms with Crippen LogP contribution in [0.15, 0.2) is 12.3 Å². The molecular formula is C12H18FN3O2. The van der Waals surface area contributed by atoms with Gasteiger partial charge in [0.2, 0.25) is 0 Å². The van der Waals surface area contributed by atoms with Crippen molar-refractivity contribution in [2.24, 2.45) is 0 Å². The molecule has 2 N–H and O–H groups in total. The second kappa shape index (κ2) is 5.30. The van der Waals surface area contributed by atoms with Gasteiger partial charge in [-0.3, -0.25) is 4.79 Å². The van der Waals surface area contributed by atoms with E-state index in [1.807, 2.05) is 0 Å². The summed E-state index contributed by atoms with van der Waals surface area (Å²) >= 11 is 0. The van der Waals surface area contributed by atoms with Gasteiger partial charge in [0.1, 0.15) is 11.6 Å². The smallest absolute Gasteiger partial charge is 0.257 e. The van der Waals surface area contributed by atoms with Gasteiger partial charge in [0.15, 0.2) is 0 Å². The number of rotatable bonds is 4. The van der Waals surface area contributed by atoms with Crippen molar-refractivity contribution < 1.29 is 14.3 Å². The summed E-state index contributed by atoms with van der Waals surface area (Å²) in [5.41, 5.74) is -0.587. The highest BCUT2D eigenvalue weighted by Gasteiger charge is 2.29. The molecule has 6 heteroatoms. The van der Waals surface area contributed by atoms with Crippen LogP contribution in [0.4, 0.5) is 10.2 Å². The molecule has 0 aliphatic heterocycles. The summed E-state index contributed by atoms with van der Waals surface area (Å²) in [5.74, 6) is -0.667. The molecule has 1 heterocycles. The Morgan fingerprint density at radius 3 is 2.72 bits per heavy atom. The second-order valence-corrected chi connectivity index (χ2v) is 4.63. The molecule has 5 nitrogen and oxygen atoms in total. The Bertz CT molecular complexity index is 449. The zero-order valence-corrected chi connectivity index (χ0v) is 11.0. The molecule has 0 saturated carbocycles. The number of anilines is 1. The van der Waals surface area contributed by atoms with Crippen molar-refractivity contribution in [3.63, 3.8) is 0 Å². The predicted octanol–water partition coefficient (Wildman–Crippen LogP) is 1.11.